The lowest BCUT2D eigenvalue weighted by molar-refractivity contribution is 0.0313. The molecule has 2 amide bonds. The topological polar surface area (TPSA) is 95.9 Å². The molecule has 178 valence electrons. The van der Waals surface area contributed by atoms with Crippen LogP contribution >= 0.6 is 0 Å². The molecule has 1 fully saturated rings. The Morgan fingerprint density at radius 3 is 2.76 bits per heavy atom. The summed E-state index contributed by atoms with van der Waals surface area (Å²) in [5.74, 6) is 6.45. The monoisotopic (exact) mass is 462 g/mol. The van der Waals surface area contributed by atoms with Gasteiger partial charge >= 0.3 is 0 Å². The zero-order valence-corrected chi connectivity index (χ0v) is 19.8. The van der Waals surface area contributed by atoms with Gasteiger partial charge in [-0.2, -0.15) is 0 Å². The van der Waals surface area contributed by atoms with Crippen molar-refractivity contribution in [3.8, 4) is 17.7 Å². The SMILES string of the molecule is C[C@@H]1CN([C@H](C)CO)C(=O)c2cc(C#CC3CC3)cnc2O[C@H]1CN(C)C(=O)c1ccncc1. The number of carbonyl (C=O) groups excluding carboxylic acids is 2. The number of aliphatic hydroxyl groups is 1. The first-order valence-electron chi connectivity index (χ1n) is 11.6. The molecule has 8 heteroatoms. The number of pyridine rings is 2. The van der Waals surface area contributed by atoms with Gasteiger partial charge in [0.2, 0.25) is 5.88 Å². The largest absolute Gasteiger partial charge is 0.472 e. The quantitative estimate of drug-likeness (QED) is 0.685. The smallest absolute Gasteiger partial charge is 0.259 e. The first-order valence-corrected chi connectivity index (χ1v) is 11.6. The molecular formula is C26H30N4O4. The first-order chi connectivity index (χ1) is 16.4. The van der Waals surface area contributed by atoms with Gasteiger partial charge in [0.25, 0.3) is 11.8 Å². The molecule has 3 atom stereocenters. The summed E-state index contributed by atoms with van der Waals surface area (Å²) in [6, 6.07) is 4.69. The number of carbonyl (C=O) groups is 2. The lowest BCUT2D eigenvalue weighted by atomic mass is 9.99. The minimum atomic E-state index is -0.410. The van der Waals surface area contributed by atoms with E-state index in [1.54, 1.807) is 53.6 Å². The molecule has 2 aliphatic rings. The van der Waals surface area contributed by atoms with Gasteiger partial charge in [-0.05, 0) is 38.0 Å². The fraction of sp³-hybridized carbons (Fsp3) is 0.462. The number of hydrogen-bond acceptors (Lipinski definition) is 6. The molecule has 1 N–H and O–H groups in total. The fourth-order valence-electron chi connectivity index (χ4n) is 3.87. The molecule has 0 spiro atoms. The Balaban J connectivity index is 1.63. The minimum absolute atomic E-state index is 0.116. The third-order valence-electron chi connectivity index (χ3n) is 6.25. The molecule has 8 nitrogen and oxygen atoms in total. The first kappa shape index (κ1) is 23.7. The van der Waals surface area contributed by atoms with Crippen molar-refractivity contribution in [2.45, 2.75) is 38.8 Å². The molecule has 34 heavy (non-hydrogen) atoms. The van der Waals surface area contributed by atoms with E-state index in [1.807, 2.05) is 13.8 Å². The lowest BCUT2D eigenvalue weighted by Gasteiger charge is -2.37. The normalized spacial score (nSPS) is 20.7. The van der Waals surface area contributed by atoms with Crippen LogP contribution in [0, 0.1) is 23.7 Å². The molecule has 0 saturated heterocycles. The van der Waals surface area contributed by atoms with Crippen LogP contribution < -0.4 is 4.74 Å². The zero-order valence-electron chi connectivity index (χ0n) is 19.8. The number of hydrogen-bond donors (Lipinski definition) is 1. The van der Waals surface area contributed by atoms with Crippen molar-refractivity contribution in [3.05, 3.63) is 53.5 Å². The van der Waals surface area contributed by atoms with E-state index >= 15 is 0 Å². The van der Waals surface area contributed by atoms with Crippen molar-refractivity contribution < 1.29 is 19.4 Å². The van der Waals surface area contributed by atoms with Gasteiger partial charge in [-0.15, -0.1) is 0 Å². The summed E-state index contributed by atoms with van der Waals surface area (Å²) in [5.41, 5.74) is 1.52. The molecule has 1 saturated carbocycles. The van der Waals surface area contributed by atoms with Gasteiger partial charge < -0.3 is 19.6 Å². The Morgan fingerprint density at radius 2 is 2.09 bits per heavy atom. The third kappa shape index (κ3) is 5.37. The molecule has 2 aromatic rings. The Bertz CT molecular complexity index is 1110. The summed E-state index contributed by atoms with van der Waals surface area (Å²) in [6.45, 7) is 4.31. The zero-order chi connectivity index (χ0) is 24.2. The van der Waals surface area contributed by atoms with Crippen molar-refractivity contribution in [3.63, 3.8) is 0 Å². The number of fused-ring (bicyclic) bond motifs is 1. The van der Waals surface area contributed by atoms with Gasteiger partial charge in [0.1, 0.15) is 11.7 Å². The second kappa shape index (κ2) is 10.2. The third-order valence-corrected chi connectivity index (χ3v) is 6.25. The summed E-state index contributed by atoms with van der Waals surface area (Å²) >= 11 is 0. The molecule has 3 heterocycles. The molecule has 0 aromatic carbocycles. The van der Waals surface area contributed by atoms with E-state index in [1.165, 1.54) is 0 Å². The van der Waals surface area contributed by atoms with Gasteiger partial charge in [0.05, 0.1) is 19.2 Å². The van der Waals surface area contributed by atoms with E-state index in [2.05, 4.69) is 21.8 Å². The molecule has 2 aromatic heterocycles. The molecule has 0 unspecified atom stereocenters. The Kier molecular flexibility index (Phi) is 7.13. The van der Waals surface area contributed by atoms with Gasteiger partial charge in [0.15, 0.2) is 0 Å². The Labute approximate surface area is 200 Å². The van der Waals surface area contributed by atoms with Crippen LogP contribution in [0.2, 0.25) is 0 Å². The van der Waals surface area contributed by atoms with Crippen molar-refractivity contribution >= 4 is 11.8 Å². The van der Waals surface area contributed by atoms with Crippen molar-refractivity contribution in [2.75, 3.05) is 26.7 Å². The van der Waals surface area contributed by atoms with E-state index < -0.39 is 6.10 Å². The summed E-state index contributed by atoms with van der Waals surface area (Å²) < 4.78 is 6.26. The standard InChI is InChI=1S/C26H30N4O4/c1-17-14-30(18(2)16-31)26(33)22-12-20(7-6-19-4-5-19)13-28-24(22)34-23(17)15-29(3)25(32)21-8-10-27-11-9-21/h8-13,17-19,23,31H,4-5,14-16H2,1-3H3/t17-,18-,23+/m1/s1. The van der Waals surface area contributed by atoms with Crippen molar-refractivity contribution in [2.24, 2.45) is 11.8 Å². The lowest BCUT2D eigenvalue weighted by Crippen LogP contribution is -2.50. The molecule has 4 rings (SSSR count). The molecule has 1 aliphatic carbocycles. The van der Waals surface area contributed by atoms with Gasteiger partial charge in [0, 0.05) is 55.1 Å². The number of ether oxygens (including phenoxy) is 1. The number of amides is 2. The van der Waals surface area contributed by atoms with E-state index in [0.29, 0.717) is 35.7 Å². The van der Waals surface area contributed by atoms with Crippen LogP contribution in [0.3, 0.4) is 0 Å². The van der Waals surface area contributed by atoms with Crippen LogP contribution in [0.15, 0.2) is 36.8 Å². The van der Waals surface area contributed by atoms with Crippen LogP contribution in [0.5, 0.6) is 5.88 Å². The number of aliphatic hydroxyl groups excluding tert-OH is 1. The van der Waals surface area contributed by atoms with Gasteiger partial charge in [-0.1, -0.05) is 18.8 Å². The number of rotatable bonds is 5. The van der Waals surface area contributed by atoms with Crippen LogP contribution in [0.1, 0.15) is 53.0 Å². The van der Waals surface area contributed by atoms with E-state index in [9.17, 15) is 14.7 Å². The predicted octanol–water partition coefficient (Wildman–Crippen LogP) is 2.23. The molecule has 0 bridgehead atoms. The summed E-state index contributed by atoms with van der Waals surface area (Å²) in [6.07, 6.45) is 6.60. The highest BCUT2D eigenvalue weighted by molar-refractivity contribution is 5.97. The summed E-state index contributed by atoms with van der Waals surface area (Å²) in [4.78, 5) is 38.0. The number of aromatic nitrogens is 2. The average Bonchev–Trinajstić information content (AvgIpc) is 3.69. The van der Waals surface area contributed by atoms with Crippen molar-refractivity contribution in [1.82, 2.24) is 19.8 Å². The highest BCUT2D eigenvalue weighted by Gasteiger charge is 2.34. The maximum atomic E-state index is 13.4. The highest BCUT2D eigenvalue weighted by Crippen LogP contribution is 2.29. The fourth-order valence-corrected chi connectivity index (χ4v) is 3.87. The maximum absolute atomic E-state index is 13.4. The van der Waals surface area contributed by atoms with Crippen molar-refractivity contribution in [1.29, 1.82) is 0 Å². The van der Waals surface area contributed by atoms with Gasteiger partial charge in [-0.3, -0.25) is 14.6 Å². The second-order valence-electron chi connectivity index (χ2n) is 9.16. The Morgan fingerprint density at radius 1 is 1.35 bits per heavy atom. The molecule has 0 radical (unpaired) electrons. The second-order valence-corrected chi connectivity index (χ2v) is 9.16. The maximum Gasteiger partial charge on any atom is 0.259 e. The molecule has 1 aliphatic heterocycles. The van der Waals surface area contributed by atoms with E-state index in [4.69, 9.17) is 4.74 Å². The minimum Gasteiger partial charge on any atom is -0.472 e. The number of likely N-dealkylation sites (N-methyl/N-ethyl adjacent to an activating group) is 1. The van der Waals surface area contributed by atoms with E-state index in [-0.39, 0.29) is 36.3 Å². The Hall–Kier alpha value is -3.44. The summed E-state index contributed by atoms with van der Waals surface area (Å²) in [5, 5.41) is 9.80. The highest BCUT2D eigenvalue weighted by atomic mass is 16.5. The van der Waals surface area contributed by atoms with Crippen LogP contribution in [0.25, 0.3) is 0 Å². The molecular weight excluding hydrogens is 432 g/mol. The predicted molar refractivity (Wildman–Crippen MR) is 126 cm³/mol. The number of nitrogens with zero attached hydrogens (tertiary/aromatic N) is 4. The summed E-state index contributed by atoms with van der Waals surface area (Å²) in [7, 11) is 1.72. The van der Waals surface area contributed by atoms with Crippen LogP contribution in [-0.4, -0.2) is 75.6 Å². The average molecular weight is 463 g/mol. The van der Waals surface area contributed by atoms with Crippen LogP contribution in [-0.2, 0) is 0 Å². The van der Waals surface area contributed by atoms with Gasteiger partial charge in [-0.25, -0.2) is 4.98 Å². The van der Waals surface area contributed by atoms with Crippen LogP contribution in [0.4, 0.5) is 0 Å². The van der Waals surface area contributed by atoms with E-state index in [0.717, 1.165) is 12.8 Å².